The number of benzene rings is 1. The summed E-state index contributed by atoms with van der Waals surface area (Å²) in [4.78, 5) is 11.4. The lowest BCUT2D eigenvalue weighted by atomic mass is 10.0. The van der Waals surface area contributed by atoms with Crippen LogP contribution in [0.3, 0.4) is 0 Å². The fraction of sp³-hybridized carbons (Fsp3) is 0.438. The van der Waals surface area contributed by atoms with Crippen LogP contribution in [0.1, 0.15) is 38.7 Å². The highest BCUT2D eigenvalue weighted by atomic mass is 19.1. The van der Waals surface area contributed by atoms with Crippen LogP contribution in [0.2, 0.25) is 0 Å². The first-order chi connectivity index (χ1) is 9.06. The number of hydrogen-bond acceptors (Lipinski definition) is 2. The van der Waals surface area contributed by atoms with Crippen molar-refractivity contribution in [3.63, 3.8) is 0 Å². The lowest BCUT2D eigenvalue weighted by Gasteiger charge is -2.08. The number of carbonyl (C=O) groups is 1. The van der Waals surface area contributed by atoms with Crippen molar-refractivity contribution in [3.05, 3.63) is 41.7 Å². The number of unbranched alkanes of at least 4 members (excludes halogenated alkanes) is 1. The van der Waals surface area contributed by atoms with Gasteiger partial charge in [-0.25, -0.2) is 4.39 Å². The van der Waals surface area contributed by atoms with E-state index >= 15 is 0 Å². The summed E-state index contributed by atoms with van der Waals surface area (Å²) in [6.45, 7) is 7.61. The number of rotatable bonds is 8. The number of ketones is 1. The van der Waals surface area contributed by atoms with E-state index in [4.69, 9.17) is 4.74 Å². The van der Waals surface area contributed by atoms with Crippen LogP contribution in [0, 0.1) is 5.82 Å². The van der Waals surface area contributed by atoms with Crippen molar-refractivity contribution in [2.75, 3.05) is 6.61 Å². The van der Waals surface area contributed by atoms with Gasteiger partial charge >= 0.3 is 0 Å². The molecule has 1 aromatic carbocycles. The van der Waals surface area contributed by atoms with Crippen LogP contribution in [0.4, 0.5) is 4.39 Å². The van der Waals surface area contributed by atoms with E-state index in [1.54, 1.807) is 25.1 Å². The third kappa shape index (κ3) is 4.86. The molecule has 104 valence electrons. The fourth-order valence-corrected chi connectivity index (χ4v) is 1.83. The predicted octanol–water partition coefficient (Wildman–Crippen LogP) is 4.08. The number of halogens is 1. The highest BCUT2D eigenvalue weighted by Gasteiger charge is 2.09. The predicted molar refractivity (Wildman–Crippen MR) is 74.9 cm³/mol. The molecule has 0 atom stereocenters. The van der Waals surface area contributed by atoms with Crippen LogP contribution < -0.4 is 4.74 Å². The molecule has 0 amide bonds. The van der Waals surface area contributed by atoms with E-state index in [2.05, 4.69) is 6.58 Å². The molecule has 0 saturated heterocycles. The molecule has 0 N–H and O–H groups in total. The van der Waals surface area contributed by atoms with Gasteiger partial charge in [-0.05, 0) is 50.3 Å². The van der Waals surface area contributed by atoms with E-state index < -0.39 is 0 Å². The monoisotopic (exact) mass is 264 g/mol. The molecule has 0 aliphatic carbocycles. The maximum absolute atomic E-state index is 14.0. The summed E-state index contributed by atoms with van der Waals surface area (Å²) >= 11 is 0. The Morgan fingerprint density at radius 3 is 2.74 bits per heavy atom. The molecule has 3 heteroatoms. The molecule has 0 aliphatic heterocycles. The van der Waals surface area contributed by atoms with Crippen molar-refractivity contribution < 1.29 is 13.9 Å². The molecule has 0 heterocycles. The van der Waals surface area contributed by atoms with Gasteiger partial charge in [0.1, 0.15) is 0 Å². The normalized spacial score (nSPS) is 10.3. The largest absolute Gasteiger partial charge is 0.491 e. The summed E-state index contributed by atoms with van der Waals surface area (Å²) < 4.78 is 19.2. The van der Waals surface area contributed by atoms with Crippen molar-refractivity contribution in [3.8, 4) is 5.75 Å². The van der Waals surface area contributed by atoms with Gasteiger partial charge in [-0.2, -0.15) is 0 Å². The number of ether oxygens (including phenoxy) is 1. The number of hydrogen-bond donors (Lipinski definition) is 0. The van der Waals surface area contributed by atoms with Crippen molar-refractivity contribution >= 4 is 5.78 Å². The van der Waals surface area contributed by atoms with E-state index in [1.165, 1.54) is 0 Å². The molecule has 0 radical (unpaired) electrons. The number of Topliss-reactive ketones (excluding diaryl/α,β-unsaturated/α-hetero) is 1. The fourth-order valence-electron chi connectivity index (χ4n) is 1.83. The molecule has 0 unspecified atom stereocenters. The molecule has 19 heavy (non-hydrogen) atoms. The van der Waals surface area contributed by atoms with E-state index in [9.17, 15) is 9.18 Å². The third-order valence-corrected chi connectivity index (χ3v) is 2.92. The van der Waals surface area contributed by atoms with Crippen molar-refractivity contribution in [2.45, 2.75) is 39.5 Å². The molecule has 0 aliphatic rings. The molecule has 0 spiro atoms. The topological polar surface area (TPSA) is 26.3 Å². The van der Waals surface area contributed by atoms with Gasteiger partial charge in [-0.15, -0.1) is 0 Å². The minimum Gasteiger partial charge on any atom is -0.491 e. The molecule has 0 bridgehead atoms. The standard InChI is InChI=1S/C16H21FO2/c1-4-19-15-11-7-9-13(16(15)17)8-5-6-10-14(18)12(2)3/h7,9,11H,2,4-6,8,10H2,1,3H3. The van der Waals surface area contributed by atoms with Crippen LogP contribution in [0.25, 0.3) is 0 Å². The molecule has 0 aromatic heterocycles. The average Bonchev–Trinajstić information content (AvgIpc) is 2.38. The zero-order chi connectivity index (χ0) is 14.3. The van der Waals surface area contributed by atoms with Gasteiger partial charge in [0.25, 0.3) is 0 Å². The molecule has 1 rings (SSSR count). The zero-order valence-electron chi connectivity index (χ0n) is 11.7. The second-order valence-corrected chi connectivity index (χ2v) is 4.57. The third-order valence-electron chi connectivity index (χ3n) is 2.92. The van der Waals surface area contributed by atoms with Crippen molar-refractivity contribution in [1.82, 2.24) is 0 Å². The minimum atomic E-state index is -0.282. The van der Waals surface area contributed by atoms with Crippen LogP contribution in [0.5, 0.6) is 5.75 Å². The van der Waals surface area contributed by atoms with E-state index in [1.807, 2.05) is 6.92 Å². The first-order valence-corrected chi connectivity index (χ1v) is 6.65. The van der Waals surface area contributed by atoms with Crippen molar-refractivity contribution in [2.24, 2.45) is 0 Å². The molecule has 0 saturated carbocycles. The Bertz CT molecular complexity index is 452. The van der Waals surface area contributed by atoms with Crippen molar-refractivity contribution in [1.29, 1.82) is 0 Å². The van der Waals surface area contributed by atoms with Gasteiger partial charge in [0, 0.05) is 6.42 Å². The second-order valence-electron chi connectivity index (χ2n) is 4.57. The number of aryl methyl sites for hydroxylation is 1. The first kappa shape index (κ1) is 15.4. The van der Waals surface area contributed by atoms with Crippen LogP contribution >= 0.6 is 0 Å². The maximum atomic E-state index is 14.0. The number of carbonyl (C=O) groups excluding carboxylic acids is 1. The van der Waals surface area contributed by atoms with Gasteiger partial charge in [-0.1, -0.05) is 18.7 Å². The second kappa shape index (κ2) is 7.72. The summed E-state index contributed by atoms with van der Waals surface area (Å²) in [5, 5.41) is 0. The summed E-state index contributed by atoms with van der Waals surface area (Å²) in [6, 6.07) is 5.19. The Morgan fingerprint density at radius 2 is 2.11 bits per heavy atom. The van der Waals surface area contributed by atoms with Gasteiger partial charge in [0.15, 0.2) is 17.3 Å². The van der Waals surface area contributed by atoms with E-state index in [0.717, 1.165) is 12.8 Å². The summed E-state index contributed by atoms with van der Waals surface area (Å²) in [6.07, 6.45) is 2.65. The van der Waals surface area contributed by atoms with Gasteiger partial charge in [-0.3, -0.25) is 4.79 Å². The van der Waals surface area contributed by atoms with Crippen LogP contribution in [-0.4, -0.2) is 12.4 Å². The Hall–Kier alpha value is -1.64. The molecular formula is C16H21FO2. The lowest BCUT2D eigenvalue weighted by molar-refractivity contribution is -0.115. The maximum Gasteiger partial charge on any atom is 0.168 e. The average molecular weight is 264 g/mol. The minimum absolute atomic E-state index is 0.0866. The molecule has 1 aromatic rings. The van der Waals surface area contributed by atoms with Gasteiger partial charge < -0.3 is 4.74 Å². The Labute approximate surface area is 114 Å². The zero-order valence-corrected chi connectivity index (χ0v) is 11.7. The molecule has 0 fully saturated rings. The quantitative estimate of drug-likeness (QED) is 0.522. The molecule has 2 nitrogen and oxygen atoms in total. The SMILES string of the molecule is C=C(C)C(=O)CCCCc1cccc(OCC)c1F. The summed E-state index contributed by atoms with van der Waals surface area (Å²) in [7, 11) is 0. The van der Waals surface area contributed by atoms with Gasteiger partial charge in [0.05, 0.1) is 6.61 Å². The summed E-state index contributed by atoms with van der Waals surface area (Å²) in [5.74, 6) is 0.108. The lowest BCUT2D eigenvalue weighted by Crippen LogP contribution is -2.00. The van der Waals surface area contributed by atoms with E-state index in [-0.39, 0.29) is 11.6 Å². The first-order valence-electron chi connectivity index (χ1n) is 6.65. The molecular weight excluding hydrogens is 243 g/mol. The summed E-state index contributed by atoms with van der Waals surface area (Å²) in [5.41, 5.74) is 1.23. The highest BCUT2D eigenvalue weighted by Crippen LogP contribution is 2.22. The Balaban J connectivity index is 2.47. The highest BCUT2D eigenvalue weighted by molar-refractivity contribution is 5.93. The Morgan fingerprint density at radius 1 is 1.37 bits per heavy atom. The van der Waals surface area contributed by atoms with Crippen LogP contribution in [0.15, 0.2) is 30.4 Å². The number of allylic oxidation sites excluding steroid dienone is 1. The van der Waals surface area contributed by atoms with Gasteiger partial charge in [0.2, 0.25) is 0 Å². The van der Waals surface area contributed by atoms with Crippen LogP contribution in [-0.2, 0) is 11.2 Å². The smallest absolute Gasteiger partial charge is 0.168 e. The van der Waals surface area contributed by atoms with E-state index in [0.29, 0.717) is 36.3 Å². The Kier molecular flexibility index (Phi) is 6.26.